The van der Waals surface area contributed by atoms with E-state index in [1.165, 1.54) is 18.2 Å². The quantitative estimate of drug-likeness (QED) is 0.477. The summed E-state index contributed by atoms with van der Waals surface area (Å²) in [4.78, 5) is 21.1. The first-order valence-corrected chi connectivity index (χ1v) is 4.77. The van der Waals surface area contributed by atoms with Crippen molar-refractivity contribution in [2.45, 2.75) is 13.5 Å². The molecule has 1 aromatic rings. The molecule has 0 heterocycles. The number of carbonyl (C=O) groups excluding carboxylic acids is 1. The highest BCUT2D eigenvalue weighted by atomic mass is 16.6. The number of hydrogen-bond acceptors (Lipinski definition) is 3. The normalized spacial score (nSPS) is 10.3. The fourth-order valence-corrected chi connectivity index (χ4v) is 1.18. The molecule has 0 aliphatic carbocycles. The first kappa shape index (κ1) is 11.9. The van der Waals surface area contributed by atoms with Crippen LogP contribution < -0.4 is 5.32 Å². The molecule has 0 unspecified atom stereocenters. The van der Waals surface area contributed by atoms with Gasteiger partial charge in [0, 0.05) is 18.7 Å². The van der Waals surface area contributed by atoms with E-state index in [0.29, 0.717) is 5.56 Å². The summed E-state index contributed by atoms with van der Waals surface area (Å²) in [5, 5.41) is 13.1. The zero-order chi connectivity index (χ0) is 12.0. The van der Waals surface area contributed by atoms with E-state index >= 15 is 0 Å². The standard InChI is InChI=1S/C11H12N2O3/c1-2-4-11(14)12-8-9-5-3-6-10(7-9)13(15)16/h2-7H,8H2,1H3,(H,12,14). The lowest BCUT2D eigenvalue weighted by Crippen LogP contribution is -2.20. The van der Waals surface area contributed by atoms with Crippen molar-refractivity contribution < 1.29 is 9.72 Å². The molecule has 1 amide bonds. The van der Waals surface area contributed by atoms with Crippen LogP contribution in [0, 0.1) is 10.1 Å². The Morgan fingerprint density at radius 1 is 1.56 bits per heavy atom. The van der Waals surface area contributed by atoms with Crippen LogP contribution in [-0.2, 0) is 11.3 Å². The number of nitro benzene ring substituents is 1. The number of nitrogens with zero attached hydrogens (tertiary/aromatic N) is 1. The SMILES string of the molecule is CC=CC(=O)NCc1cccc([N+](=O)[O-])c1. The summed E-state index contributed by atoms with van der Waals surface area (Å²) in [6.07, 6.45) is 3.03. The van der Waals surface area contributed by atoms with Gasteiger partial charge in [0.2, 0.25) is 5.91 Å². The Bertz CT molecular complexity index is 427. The highest BCUT2D eigenvalue weighted by Gasteiger charge is 2.05. The van der Waals surface area contributed by atoms with Crippen LogP contribution in [0.3, 0.4) is 0 Å². The van der Waals surface area contributed by atoms with Crippen LogP contribution in [0.2, 0.25) is 0 Å². The number of hydrogen-bond donors (Lipinski definition) is 1. The second-order valence-corrected chi connectivity index (χ2v) is 3.14. The first-order chi connectivity index (χ1) is 7.63. The molecule has 1 rings (SSSR count). The zero-order valence-electron chi connectivity index (χ0n) is 8.84. The van der Waals surface area contributed by atoms with Crippen LogP contribution in [0.5, 0.6) is 0 Å². The van der Waals surface area contributed by atoms with Crippen molar-refractivity contribution in [3.8, 4) is 0 Å². The minimum atomic E-state index is -0.461. The second kappa shape index (κ2) is 5.65. The third-order valence-corrected chi connectivity index (χ3v) is 1.91. The lowest BCUT2D eigenvalue weighted by molar-refractivity contribution is -0.384. The van der Waals surface area contributed by atoms with Gasteiger partial charge in [0.1, 0.15) is 0 Å². The zero-order valence-corrected chi connectivity index (χ0v) is 8.84. The van der Waals surface area contributed by atoms with Gasteiger partial charge in [0.15, 0.2) is 0 Å². The van der Waals surface area contributed by atoms with Gasteiger partial charge in [-0.15, -0.1) is 0 Å². The van der Waals surface area contributed by atoms with Crippen molar-refractivity contribution in [3.05, 3.63) is 52.1 Å². The Morgan fingerprint density at radius 3 is 2.94 bits per heavy atom. The molecule has 0 fully saturated rings. The van der Waals surface area contributed by atoms with Gasteiger partial charge in [-0.3, -0.25) is 14.9 Å². The minimum absolute atomic E-state index is 0.0257. The number of nitrogens with one attached hydrogen (secondary N) is 1. The highest BCUT2D eigenvalue weighted by molar-refractivity contribution is 5.87. The van der Waals surface area contributed by atoms with Gasteiger partial charge in [0.25, 0.3) is 5.69 Å². The van der Waals surface area contributed by atoms with Crippen molar-refractivity contribution >= 4 is 11.6 Å². The van der Waals surface area contributed by atoms with Gasteiger partial charge >= 0.3 is 0 Å². The number of benzene rings is 1. The number of nitro groups is 1. The fourth-order valence-electron chi connectivity index (χ4n) is 1.18. The number of non-ortho nitro benzene ring substituents is 1. The number of amides is 1. The average Bonchev–Trinajstić information content (AvgIpc) is 2.27. The van der Waals surface area contributed by atoms with E-state index in [-0.39, 0.29) is 18.1 Å². The maximum absolute atomic E-state index is 11.1. The molecule has 0 aliphatic heterocycles. The van der Waals surface area contributed by atoms with Crippen LogP contribution in [-0.4, -0.2) is 10.8 Å². The predicted octanol–water partition coefficient (Wildman–Crippen LogP) is 1.79. The molecular weight excluding hydrogens is 208 g/mol. The molecule has 5 nitrogen and oxygen atoms in total. The summed E-state index contributed by atoms with van der Waals surface area (Å²) < 4.78 is 0. The molecular formula is C11H12N2O3. The Balaban J connectivity index is 2.64. The van der Waals surface area contributed by atoms with Gasteiger partial charge < -0.3 is 5.32 Å². The summed E-state index contributed by atoms with van der Waals surface area (Å²) in [6.45, 7) is 2.03. The van der Waals surface area contributed by atoms with Gasteiger partial charge in [-0.2, -0.15) is 0 Å². The topological polar surface area (TPSA) is 72.2 Å². The monoisotopic (exact) mass is 220 g/mol. The van der Waals surface area contributed by atoms with E-state index in [4.69, 9.17) is 0 Å². The molecule has 0 saturated heterocycles. The summed E-state index contributed by atoms with van der Waals surface area (Å²) in [7, 11) is 0. The number of rotatable bonds is 4. The van der Waals surface area contributed by atoms with E-state index < -0.39 is 4.92 Å². The third-order valence-electron chi connectivity index (χ3n) is 1.91. The molecule has 0 bridgehead atoms. The maximum atomic E-state index is 11.1. The van der Waals surface area contributed by atoms with E-state index in [1.807, 2.05) is 0 Å². The fraction of sp³-hybridized carbons (Fsp3) is 0.182. The molecule has 1 N–H and O–H groups in total. The van der Waals surface area contributed by atoms with E-state index in [2.05, 4.69) is 5.32 Å². The van der Waals surface area contributed by atoms with Crippen molar-refractivity contribution in [2.24, 2.45) is 0 Å². The lowest BCUT2D eigenvalue weighted by atomic mass is 10.2. The Labute approximate surface area is 92.9 Å². The average molecular weight is 220 g/mol. The second-order valence-electron chi connectivity index (χ2n) is 3.14. The molecule has 84 valence electrons. The van der Waals surface area contributed by atoms with Crippen LogP contribution in [0.1, 0.15) is 12.5 Å². The smallest absolute Gasteiger partial charge is 0.269 e. The van der Waals surface area contributed by atoms with Gasteiger partial charge in [0.05, 0.1) is 4.92 Å². The van der Waals surface area contributed by atoms with Crippen molar-refractivity contribution in [3.63, 3.8) is 0 Å². The third kappa shape index (κ3) is 3.53. The summed E-state index contributed by atoms with van der Waals surface area (Å²) in [5.74, 6) is -0.214. The molecule has 1 aromatic carbocycles. The van der Waals surface area contributed by atoms with Gasteiger partial charge in [-0.25, -0.2) is 0 Å². The molecule has 0 atom stereocenters. The summed E-state index contributed by atoms with van der Waals surface area (Å²) in [6, 6.07) is 6.17. The number of carbonyl (C=O) groups is 1. The van der Waals surface area contributed by atoms with Crippen LogP contribution in [0.4, 0.5) is 5.69 Å². The van der Waals surface area contributed by atoms with Gasteiger partial charge in [-0.05, 0) is 18.6 Å². The minimum Gasteiger partial charge on any atom is -0.348 e. The van der Waals surface area contributed by atoms with Crippen LogP contribution in [0.15, 0.2) is 36.4 Å². The molecule has 16 heavy (non-hydrogen) atoms. The first-order valence-electron chi connectivity index (χ1n) is 4.77. The predicted molar refractivity (Wildman–Crippen MR) is 59.8 cm³/mol. The van der Waals surface area contributed by atoms with Crippen LogP contribution in [0.25, 0.3) is 0 Å². The molecule has 0 radical (unpaired) electrons. The Kier molecular flexibility index (Phi) is 4.20. The Morgan fingerprint density at radius 2 is 2.31 bits per heavy atom. The van der Waals surface area contributed by atoms with Gasteiger partial charge in [-0.1, -0.05) is 18.2 Å². The van der Waals surface area contributed by atoms with E-state index in [1.54, 1.807) is 25.1 Å². The largest absolute Gasteiger partial charge is 0.348 e. The van der Waals surface area contributed by atoms with E-state index in [9.17, 15) is 14.9 Å². The lowest BCUT2D eigenvalue weighted by Gasteiger charge is -2.02. The van der Waals surface area contributed by atoms with E-state index in [0.717, 1.165) is 0 Å². The van der Waals surface area contributed by atoms with Crippen molar-refractivity contribution in [1.82, 2.24) is 5.32 Å². The van der Waals surface area contributed by atoms with Crippen LogP contribution >= 0.6 is 0 Å². The number of allylic oxidation sites excluding steroid dienone is 1. The highest BCUT2D eigenvalue weighted by Crippen LogP contribution is 2.12. The van der Waals surface area contributed by atoms with Crippen molar-refractivity contribution in [1.29, 1.82) is 0 Å². The Hall–Kier alpha value is -2.17. The molecule has 0 aromatic heterocycles. The molecule has 0 saturated carbocycles. The summed E-state index contributed by atoms with van der Waals surface area (Å²) >= 11 is 0. The molecule has 0 aliphatic rings. The molecule has 0 spiro atoms. The molecule has 5 heteroatoms. The maximum Gasteiger partial charge on any atom is 0.269 e. The van der Waals surface area contributed by atoms with Crippen molar-refractivity contribution in [2.75, 3.05) is 0 Å². The summed E-state index contributed by atoms with van der Waals surface area (Å²) in [5.41, 5.74) is 0.727.